The Morgan fingerprint density at radius 3 is 2.95 bits per heavy atom. The molecule has 0 aromatic carbocycles. The Bertz CT molecular complexity index is 411. The first-order valence-electron chi connectivity index (χ1n) is 8.12. The van der Waals surface area contributed by atoms with E-state index in [0.717, 1.165) is 30.5 Å². The van der Waals surface area contributed by atoms with E-state index in [1.807, 2.05) is 0 Å². The van der Waals surface area contributed by atoms with E-state index in [0.29, 0.717) is 6.04 Å². The van der Waals surface area contributed by atoms with E-state index >= 15 is 0 Å². The summed E-state index contributed by atoms with van der Waals surface area (Å²) in [5.74, 6) is 3.09. The van der Waals surface area contributed by atoms with Crippen molar-refractivity contribution in [3.63, 3.8) is 0 Å². The fourth-order valence-electron chi connectivity index (χ4n) is 3.08. The number of likely N-dealkylation sites (tertiary alicyclic amines) is 1. The SMILES string of the molecule is CCCC1CCN(Cc2cc(CNC(C)C)c(C)o2)C1. The molecule has 20 heavy (non-hydrogen) atoms. The van der Waals surface area contributed by atoms with Crippen molar-refractivity contribution in [2.45, 2.75) is 66.1 Å². The Kier molecular flexibility index (Phi) is 5.67. The number of nitrogens with one attached hydrogen (secondary N) is 1. The van der Waals surface area contributed by atoms with E-state index in [-0.39, 0.29) is 0 Å². The van der Waals surface area contributed by atoms with E-state index in [4.69, 9.17) is 4.42 Å². The zero-order valence-corrected chi connectivity index (χ0v) is 13.5. The summed E-state index contributed by atoms with van der Waals surface area (Å²) in [6.45, 7) is 13.1. The van der Waals surface area contributed by atoms with Crippen LogP contribution in [-0.4, -0.2) is 24.0 Å². The highest BCUT2D eigenvalue weighted by atomic mass is 16.3. The van der Waals surface area contributed by atoms with Gasteiger partial charge < -0.3 is 9.73 Å². The second-order valence-electron chi connectivity index (χ2n) is 6.51. The number of rotatable bonds is 7. The molecule has 0 aliphatic carbocycles. The van der Waals surface area contributed by atoms with E-state index in [2.05, 4.69) is 44.0 Å². The van der Waals surface area contributed by atoms with Crippen LogP contribution in [0.4, 0.5) is 0 Å². The maximum absolute atomic E-state index is 5.92. The molecule has 1 N–H and O–H groups in total. The van der Waals surface area contributed by atoms with Crippen LogP contribution in [0.5, 0.6) is 0 Å². The Hall–Kier alpha value is -0.800. The molecule has 0 amide bonds. The molecule has 1 fully saturated rings. The summed E-state index contributed by atoms with van der Waals surface area (Å²) >= 11 is 0. The monoisotopic (exact) mass is 278 g/mol. The van der Waals surface area contributed by atoms with Gasteiger partial charge in [-0.1, -0.05) is 27.2 Å². The predicted octanol–water partition coefficient (Wildman–Crippen LogP) is 3.71. The first-order chi connectivity index (χ1) is 9.58. The van der Waals surface area contributed by atoms with Gasteiger partial charge in [0.1, 0.15) is 11.5 Å². The average Bonchev–Trinajstić information content (AvgIpc) is 2.95. The first-order valence-corrected chi connectivity index (χ1v) is 8.12. The third-order valence-corrected chi connectivity index (χ3v) is 4.22. The second kappa shape index (κ2) is 7.28. The Balaban J connectivity index is 1.86. The lowest BCUT2D eigenvalue weighted by atomic mass is 10.0. The molecule has 0 bridgehead atoms. The molecular weight excluding hydrogens is 248 g/mol. The lowest BCUT2D eigenvalue weighted by molar-refractivity contribution is 0.281. The molecule has 1 aromatic heterocycles. The van der Waals surface area contributed by atoms with Crippen molar-refractivity contribution in [1.29, 1.82) is 0 Å². The number of nitrogens with zero attached hydrogens (tertiary/aromatic N) is 1. The minimum Gasteiger partial charge on any atom is -0.465 e. The van der Waals surface area contributed by atoms with Gasteiger partial charge in [0.15, 0.2) is 0 Å². The van der Waals surface area contributed by atoms with Gasteiger partial charge in [-0.15, -0.1) is 0 Å². The fraction of sp³-hybridized carbons (Fsp3) is 0.765. The normalized spacial score (nSPS) is 20.1. The van der Waals surface area contributed by atoms with Gasteiger partial charge in [0, 0.05) is 24.7 Å². The number of aryl methyl sites for hydroxylation is 1. The Morgan fingerprint density at radius 1 is 1.45 bits per heavy atom. The quantitative estimate of drug-likeness (QED) is 0.824. The number of hydrogen-bond acceptors (Lipinski definition) is 3. The minimum atomic E-state index is 0.515. The van der Waals surface area contributed by atoms with Crippen molar-refractivity contribution in [3.05, 3.63) is 23.2 Å². The molecule has 1 aliphatic heterocycles. The van der Waals surface area contributed by atoms with Crippen LogP contribution in [0.3, 0.4) is 0 Å². The summed E-state index contributed by atoms with van der Waals surface area (Å²) in [5.41, 5.74) is 1.30. The van der Waals surface area contributed by atoms with E-state index in [1.165, 1.54) is 37.9 Å². The molecule has 1 aliphatic rings. The van der Waals surface area contributed by atoms with Crippen LogP contribution in [0, 0.1) is 12.8 Å². The van der Waals surface area contributed by atoms with Crippen LogP contribution in [0.1, 0.15) is 57.1 Å². The van der Waals surface area contributed by atoms with E-state index in [9.17, 15) is 0 Å². The van der Waals surface area contributed by atoms with Crippen LogP contribution in [-0.2, 0) is 13.1 Å². The lowest BCUT2D eigenvalue weighted by Gasteiger charge is -2.13. The Labute approximate surface area is 123 Å². The van der Waals surface area contributed by atoms with Crippen molar-refractivity contribution in [3.8, 4) is 0 Å². The highest BCUT2D eigenvalue weighted by Gasteiger charge is 2.22. The molecule has 2 heterocycles. The number of furan rings is 1. The largest absolute Gasteiger partial charge is 0.465 e. The van der Waals surface area contributed by atoms with Crippen LogP contribution in [0.2, 0.25) is 0 Å². The van der Waals surface area contributed by atoms with Gasteiger partial charge in [0.05, 0.1) is 6.54 Å². The molecule has 114 valence electrons. The molecular formula is C17H30N2O. The van der Waals surface area contributed by atoms with Crippen molar-refractivity contribution in [1.82, 2.24) is 10.2 Å². The van der Waals surface area contributed by atoms with Crippen LogP contribution in [0.25, 0.3) is 0 Å². The Morgan fingerprint density at radius 2 is 2.25 bits per heavy atom. The van der Waals surface area contributed by atoms with Crippen molar-refractivity contribution < 1.29 is 4.42 Å². The van der Waals surface area contributed by atoms with Crippen molar-refractivity contribution in [2.24, 2.45) is 5.92 Å². The van der Waals surface area contributed by atoms with Gasteiger partial charge in [0.2, 0.25) is 0 Å². The molecule has 3 nitrogen and oxygen atoms in total. The average molecular weight is 278 g/mol. The predicted molar refractivity (Wildman–Crippen MR) is 83.7 cm³/mol. The maximum Gasteiger partial charge on any atom is 0.118 e. The first kappa shape index (κ1) is 15.6. The molecule has 3 heteroatoms. The van der Waals surface area contributed by atoms with Gasteiger partial charge in [-0.3, -0.25) is 4.90 Å². The molecule has 1 saturated heterocycles. The molecule has 2 rings (SSSR count). The van der Waals surface area contributed by atoms with E-state index < -0.39 is 0 Å². The molecule has 0 radical (unpaired) electrons. The van der Waals surface area contributed by atoms with Gasteiger partial charge >= 0.3 is 0 Å². The van der Waals surface area contributed by atoms with Crippen LogP contribution in [0.15, 0.2) is 10.5 Å². The third kappa shape index (κ3) is 4.35. The summed E-state index contributed by atoms with van der Waals surface area (Å²) in [6.07, 6.45) is 4.04. The van der Waals surface area contributed by atoms with Crippen molar-refractivity contribution in [2.75, 3.05) is 13.1 Å². The van der Waals surface area contributed by atoms with Crippen LogP contribution < -0.4 is 5.32 Å². The van der Waals surface area contributed by atoms with Crippen molar-refractivity contribution >= 4 is 0 Å². The molecule has 1 aromatic rings. The lowest BCUT2D eigenvalue weighted by Crippen LogP contribution is -2.22. The molecule has 1 atom stereocenters. The number of hydrogen-bond donors (Lipinski definition) is 1. The summed E-state index contributed by atoms with van der Waals surface area (Å²) < 4.78 is 5.92. The molecule has 0 saturated carbocycles. The fourth-order valence-corrected chi connectivity index (χ4v) is 3.08. The maximum atomic E-state index is 5.92. The summed E-state index contributed by atoms with van der Waals surface area (Å²) in [7, 11) is 0. The van der Waals surface area contributed by atoms with Gasteiger partial charge in [-0.05, 0) is 38.3 Å². The zero-order valence-electron chi connectivity index (χ0n) is 13.5. The minimum absolute atomic E-state index is 0.515. The van der Waals surface area contributed by atoms with Gasteiger partial charge in [0.25, 0.3) is 0 Å². The van der Waals surface area contributed by atoms with Gasteiger partial charge in [-0.25, -0.2) is 0 Å². The molecule has 0 spiro atoms. The summed E-state index contributed by atoms with van der Waals surface area (Å²) in [5, 5.41) is 3.46. The van der Waals surface area contributed by atoms with Crippen LogP contribution >= 0.6 is 0 Å². The highest BCUT2D eigenvalue weighted by molar-refractivity contribution is 5.20. The third-order valence-electron chi connectivity index (χ3n) is 4.22. The summed E-state index contributed by atoms with van der Waals surface area (Å²) in [4.78, 5) is 2.54. The molecule has 1 unspecified atom stereocenters. The summed E-state index contributed by atoms with van der Waals surface area (Å²) in [6, 6.07) is 2.75. The zero-order chi connectivity index (χ0) is 14.5. The standard InChI is InChI=1S/C17H30N2O/c1-5-6-15-7-8-19(11-15)12-17-9-16(14(4)20-17)10-18-13(2)3/h9,13,15,18H,5-8,10-12H2,1-4H3. The smallest absolute Gasteiger partial charge is 0.118 e. The van der Waals surface area contributed by atoms with Gasteiger partial charge in [-0.2, -0.15) is 0 Å². The highest BCUT2D eigenvalue weighted by Crippen LogP contribution is 2.24. The second-order valence-corrected chi connectivity index (χ2v) is 6.51. The van der Waals surface area contributed by atoms with E-state index in [1.54, 1.807) is 0 Å². The topological polar surface area (TPSA) is 28.4 Å².